The van der Waals surface area contributed by atoms with Crippen LogP contribution in [0.5, 0.6) is 0 Å². The van der Waals surface area contributed by atoms with Crippen LogP contribution in [0, 0.1) is 11.8 Å². The van der Waals surface area contributed by atoms with E-state index in [4.69, 9.17) is 9.94 Å². The summed E-state index contributed by atoms with van der Waals surface area (Å²) in [5, 5.41) is 9.07. The molecule has 1 amide bonds. The Hall–Kier alpha value is -3.52. The molecule has 3 N–H and O–H groups in total. The van der Waals surface area contributed by atoms with Gasteiger partial charge in [-0.2, -0.15) is 4.72 Å². The number of sulfonamides is 1. The van der Waals surface area contributed by atoms with Gasteiger partial charge in [0.2, 0.25) is 10.0 Å². The first-order valence-electron chi connectivity index (χ1n) is 11.9. The second-order valence-corrected chi connectivity index (χ2v) is 10.4. The zero-order valence-electron chi connectivity index (χ0n) is 20.3. The lowest BCUT2D eigenvalue weighted by Gasteiger charge is -2.26. The van der Waals surface area contributed by atoms with E-state index in [-0.39, 0.29) is 11.3 Å². The Bertz CT molecular complexity index is 1340. The molecule has 0 radical (unpaired) electrons. The van der Waals surface area contributed by atoms with Crippen molar-refractivity contribution in [3.63, 3.8) is 0 Å². The molecule has 0 aromatic heterocycles. The van der Waals surface area contributed by atoms with Crippen LogP contribution in [0.25, 0.3) is 0 Å². The Labute approximate surface area is 217 Å². The maximum absolute atomic E-state index is 12.9. The lowest BCUT2D eigenvalue weighted by Crippen LogP contribution is -2.47. The predicted octanol–water partition coefficient (Wildman–Crippen LogP) is 2.31. The van der Waals surface area contributed by atoms with Crippen LogP contribution in [-0.2, 0) is 32.5 Å². The van der Waals surface area contributed by atoms with Crippen LogP contribution in [0.1, 0.15) is 22.3 Å². The first-order chi connectivity index (χ1) is 17.9. The molecular weight excluding hydrogens is 490 g/mol. The van der Waals surface area contributed by atoms with Gasteiger partial charge in [0.25, 0.3) is 5.91 Å². The predicted molar refractivity (Wildman–Crippen MR) is 139 cm³/mol. The number of hydrogen-bond acceptors (Lipinski definition) is 6. The maximum atomic E-state index is 12.9. The van der Waals surface area contributed by atoms with Crippen LogP contribution >= 0.6 is 0 Å². The van der Waals surface area contributed by atoms with Crippen molar-refractivity contribution < 1.29 is 23.2 Å². The van der Waals surface area contributed by atoms with Crippen LogP contribution in [0.3, 0.4) is 0 Å². The van der Waals surface area contributed by atoms with Gasteiger partial charge in [-0.25, -0.2) is 13.9 Å². The van der Waals surface area contributed by atoms with Crippen LogP contribution in [0.4, 0.5) is 0 Å². The fraction of sp³-hybridized carbons (Fsp3) is 0.250. The zero-order valence-corrected chi connectivity index (χ0v) is 21.1. The van der Waals surface area contributed by atoms with Crippen LogP contribution < -0.4 is 10.2 Å². The van der Waals surface area contributed by atoms with Crippen molar-refractivity contribution in [2.75, 3.05) is 26.3 Å². The number of carbonyl (C=O) groups excluding carboxylic acids is 1. The molecule has 1 fully saturated rings. The fourth-order valence-corrected chi connectivity index (χ4v) is 5.14. The SMILES string of the molecule is O=C(NO)C(Cc1ccccc1)NS(=O)(=O)c1ccc(C#Cc2ccc(CN3CCOCC3)cc2)cc1. The molecule has 0 saturated carbocycles. The van der Waals surface area contributed by atoms with Crippen molar-refractivity contribution in [3.8, 4) is 11.8 Å². The average Bonchev–Trinajstić information content (AvgIpc) is 2.93. The summed E-state index contributed by atoms with van der Waals surface area (Å²) in [6.45, 7) is 4.29. The van der Waals surface area contributed by atoms with E-state index in [0.717, 1.165) is 44.0 Å². The van der Waals surface area contributed by atoms with E-state index in [1.54, 1.807) is 36.4 Å². The van der Waals surface area contributed by atoms with Crippen molar-refractivity contribution in [1.29, 1.82) is 0 Å². The largest absolute Gasteiger partial charge is 0.379 e. The van der Waals surface area contributed by atoms with E-state index in [2.05, 4.69) is 33.6 Å². The van der Waals surface area contributed by atoms with Gasteiger partial charge in [-0.15, -0.1) is 0 Å². The van der Waals surface area contributed by atoms with Gasteiger partial charge in [0.15, 0.2) is 0 Å². The van der Waals surface area contributed by atoms with E-state index >= 15 is 0 Å². The Morgan fingerprint density at radius 1 is 0.892 bits per heavy atom. The molecular formula is C28H29N3O5S. The normalized spacial score (nSPS) is 14.8. The minimum absolute atomic E-state index is 0.00526. The van der Waals surface area contributed by atoms with Gasteiger partial charge in [-0.05, 0) is 53.9 Å². The van der Waals surface area contributed by atoms with Gasteiger partial charge >= 0.3 is 0 Å². The first-order valence-corrected chi connectivity index (χ1v) is 13.4. The van der Waals surface area contributed by atoms with Gasteiger partial charge in [0, 0.05) is 30.8 Å². The summed E-state index contributed by atoms with van der Waals surface area (Å²) >= 11 is 0. The summed E-state index contributed by atoms with van der Waals surface area (Å²) in [6, 6.07) is 22.0. The molecule has 1 aliphatic rings. The molecule has 8 nitrogen and oxygen atoms in total. The summed E-state index contributed by atoms with van der Waals surface area (Å²) in [5.74, 6) is 5.31. The third kappa shape index (κ3) is 7.73. The third-order valence-electron chi connectivity index (χ3n) is 5.99. The highest BCUT2D eigenvalue weighted by Gasteiger charge is 2.26. The lowest BCUT2D eigenvalue weighted by atomic mass is 10.1. The number of hydrogen-bond donors (Lipinski definition) is 3. The highest BCUT2D eigenvalue weighted by atomic mass is 32.2. The standard InChI is InChI=1S/C28H29N3O5S/c32-28(29-33)27(20-24-4-2-1-3-5-24)30-37(34,35)26-14-12-23(13-15-26)7-6-22-8-10-25(11-9-22)21-31-16-18-36-19-17-31/h1-5,8-15,27,30,33H,16-21H2,(H,29,32). The third-order valence-corrected chi connectivity index (χ3v) is 7.47. The zero-order chi connectivity index (χ0) is 26.1. The molecule has 3 aromatic rings. The minimum atomic E-state index is -4.02. The van der Waals surface area contributed by atoms with E-state index in [9.17, 15) is 13.2 Å². The van der Waals surface area contributed by atoms with Gasteiger partial charge in [-0.1, -0.05) is 54.3 Å². The van der Waals surface area contributed by atoms with Crippen molar-refractivity contribution in [1.82, 2.24) is 15.1 Å². The highest BCUT2D eigenvalue weighted by molar-refractivity contribution is 7.89. The summed E-state index contributed by atoms with van der Waals surface area (Å²) in [6.07, 6.45) is 0.0846. The molecule has 37 heavy (non-hydrogen) atoms. The molecule has 3 aromatic carbocycles. The second-order valence-electron chi connectivity index (χ2n) is 8.70. The molecule has 192 valence electrons. The van der Waals surface area contributed by atoms with Gasteiger partial charge in [0.1, 0.15) is 6.04 Å². The summed E-state index contributed by atoms with van der Waals surface area (Å²) in [4.78, 5) is 14.5. The number of carbonyl (C=O) groups is 1. The molecule has 1 heterocycles. The van der Waals surface area contributed by atoms with E-state index < -0.39 is 22.0 Å². The lowest BCUT2D eigenvalue weighted by molar-refractivity contribution is -0.130. The smallest absolute Gasteiger partial charge is 0.261 e. The summed E-state index contributed by atoms with van der Waals surface area (Å²) in [7, 11) is -4.02. The number of rotatable bonds is 8. The Balaban J connectivity index is 1.39. The van der Waals surface area contributed by atoms with E-state index in [1.165, 1.54) is 23.2 Å². The first kappa shape index (κ1) is 26.5. The maximum Gasteiger partial charge on any atom is 0.261 e. The molecule has 9 heteroatoms. The Kier molecular flexibility index (Phi) is 9.06. The molecule has 4 rings (SSSR count). The molecule has 1 atom stereocenters. The number of ether oxygens (including phenoxy) is 1. The number of nitrogens with one attached hydrogen (secondary N) is 2. The minimum Gasteiger partial charge on any atom is -0.379 e. The van der Waals surface area contributed by atoms with Gasteiger partial charge in [-0.3, -0.25) is 14.9 Å². The number of hydroxylamine groups is 1. The summed E-state index contributed by atoms with van der Waals surface area (Å²) < 4.78 is 33.6. The number of benzene rings is 3. The molecule has 0 bridgehead atoms. The van der Waals surface area contributed by atoms with E-state index in [0.29, 0.717) is 5.56 Å². The fourth-order valence-electron chi connectivity index (χ4n) is 3.94. The molecule has 0 spiro atoms. The second kappa shape index (κ2) is 12.6. The molecule has 1 aliphatic heterocycles. The van der Waals surface area contributed by atoms with Crippen molar-refractivity contribution in [2.24, 2.45) is 0 Å². The van der Waals surface area contributed by atoms with Crippen LogP contribution in [-0.4, -0.2) is 56.8 Å². The summed E-state index contributed by atoms with van der Waals surface area (Å²) in [5.41, 5.74) is 5.02. The number of amides is 1. The Morgan fingerprint density at radius 2 is 1.49 bits per heavy atom. The van der Waals surface area contributed by atoms with Crippen LogP contribution in [0.2, 0.25) is 0 Å². The van der Waals surface area contributed by atoms with E-state index in [1.807, 2.05) is 18.2 Å². The Morgan fingerprint density at radius 3 is 2.08 bits per heavy atom. The van der Waals surface area contributed by atoms with Crippen LogP contribution in [0.15, 0.2) is 83.8 Å². The van der Waals surface area contributed by atoms with Gasteiger partial charge in [0.05, 0.1) is 18.1 Å². The molecule has 1 saturated heterocycles. The molecule has 0 aliphatic carbocycles. The number of morpholine rings is 1. The topological polar surface area (TPSA) is 108 Å². The highest BCUT2D eigenvalue weighted by Crippen LogP contribution is 2.13. The quantitative estimate of drug-likeness (QED) is 0.240. The number of nitrogens with zero attached hydrogens (tertiary/aromatic N) is 1. The average molecular weight is 520 g/mol. The van der Waals surface area contributed by atoms with Gasteiger partial charge < -0.3 is 4.74 Å². The monoisotopic (exact) mass is 519 g/mol. The molecule has 1 unspecified atom stereocenters. The van der Waals surface area contributed by atoms with Crippen molar-refractivity contribution in [3.05, 3.63) is 101 Å². The van der Waals surface area contributed by atoms with Crippen molar-refractivity contribution in [2.45, 2.75) is 23.9 Å². The van der Waals surface area contributed by atoms with Crippen molar-refractivity contribution >= 4 is 15.9 Å².